The normalized spacial score (nSPS) is 23.6. The molecule has 3 nitrogen and oxygen atoms in total. The number of halogens is 3. The van der Waals surface area contributed by atoms with E-state index in [4.69, 9.17) is 0 Å². The molecule has 1 fully saturated rings. The molecule has 0 bridgehead atoms. The van der Waals surface area contributed by atoms with E-state index in [0.717, 1.165) is 0 Å². The molecular formula is C11H21F3N2O. The summed E-state index contributed by atoms with van der Waals surface area (Å²) < 4.78 is 37.5. The van der Waals surface area contributed by atoms with Crippen molar-refractivity contribution in [1.29, 1.82) is 0 Å². The van der Waals surface area contributed by atoms with Crippen LogP contribution in [-0.4, -0.2) is 66.0 Å². The summed E-state index contributed by atoms with van der Waals surface area (Å²) in [6, 6.07) is -1.37. The molecule has 1 rings (SSSR count). The summed E-state index contributed by atoms with van der Waals surface area (Å²) >= 11 is 0. The molecule has 1 N–H and O–H groups in total. The predicted octanol–water partition coefficient (Wildman–Crippen LogP) is 1.33. The third-order valence-corrected chi connectivity index (χ3v) is 3.37. The quantitative estimate of drug-likeness (QED) is 0.820. The Balaban J connectivity index is 2.35. The number of rotatable bonds is 4. The van der Waals surface area contributed by atoms with Crippen molar-refractivity contribution in [1.82, 2.24) is 9.80 Å². The number of β-amino-alcohol motifs (C(OH)–C–C–N with tert-alkyl or cyclic N) is 1. The first-order valence-electron chi connectivity index (χ1n) is 6.05. The molecule has 1 heterocycles. The van der Waals surface area contributed by atoms with E-state index in [1.54, 1.807) is 0 Å². The molecule has 6 heteroatoms. The fraction of sp³-hybridized carbons (Fsp3) is 1.00. The molecule has 1 saturated heterocycles. The van der Waals surface area contributed by atoms with Crippen LogP contribution in [0, 0.1) is 0 Å². The molecule has 102 valence electrons. The summed E-state index contributed by atoms with van der Waals surface area (Å²) in [5.41, 5.74) is 0. The number of nitrogens with zero attached hydrogens (tertiary/aromatic N) is 2. The van der Waals surface area contributed by atoms with Gasteiger partial charge in [-0.1, -0.05) is 6.92 Å². The SMILES string of the molecule is CC[C@@H](O)CN1CCN(C(C)C(F)(F)F)CC1. The molecule has 1 unspecified atom stereocenters. The highest BCUT2D eigenvalue weighted by molar-refractivity contribution is 4.80. The molecule has 0 radical (unpaired) electrons. The van der Waals surface area contributed by atoms with Crippen LogP contribution in [0.25, 0.3) is 0 Å². The standard InChI is InChI=1S/C11H21F3N2O/c1-3-10(17)8-15-4-6-16(7-5-15)9(2)11(12,13)14/h9-10,17H,3-8H2,1-2H3/t9?,10-/m1/s1. The minimum atomic E-state index is -4.15. The van der Waals surface area contributed by atoms with Crippen LogP contribution in [-0.2, 0) is 0 Å². The first kappa shape index (κ1) is 14.7. The molecular weight excluding hydrogens is 233 g/mol. The van der Waals surface area contributed by atoms with Crippen LogP contribution in [0.15, 0.2) is 0 Å². The largest absolute Gasteiger partial charge is 0.403 e. The van der Waals surface area contributed by atoms with Crippen molar-refractivity contribution in [3.8, 4) is 0 Å². The van der Waals surface area contributed by atoms with Crippen LogP contribution in [0.3, 0.4) is 0 Å². The number of hydrogen-bond acceptors (Lipinski definition) is 3. The summed E-state index contributed by atoms with van der Waals surface area (Å²) in [6.07, 6.45) is -3.84. The summed E-state index contributed by atoms with van der Waals surface area (Å²) in [4.78, 5) is 3.47. The first-order valence-corrected chi connectivity index (χ1v) is 6.05. The molecule has 0 aromatic carbocycles. The maximum absolute atomic E-state index is 12.5. The Labute approximate surface area is 100 Å². The summed E-state index contributed by atoms with van der Waals surface area (Å²) in [7, 11) is 0. The zero-order chi connectivity index (χ0) is 13.1. The molecule has 0 spiro atoms. The second-order valence-electron chi connectivity index (χ2n) is 4.62. The van der Waals surface area contributed by atoms with Crippen LogP contribution < -0.4 is 0 Å². The van der Waals surface area contributed by atoms with E-state index in [0.29, 0.717) is 39.1 Å². The highest BCUT2D eigenvalue weighted by Gasteiger charge is 2.40. The zero-order valence-electron chi connectivity index (χ0n) is 10.4. The molecule has 1 aliphatic heterocycles. The van der Waals surface area contributed by atoms with Crippen molar-refractivity contribution in [2.75, 3.05) is 32.7 Å². The van der Waals surface area contributed by atoms with Gasteiger partial charge < -0.3 is 5.11 Å². The number of piperazine rings is 1. The lowest BCUT2D eigenvalue weighted by atomic mass is 10.2. The fourth-order valence-corrected chi connectivity index (χ4v) is 1.97. The number of aliphatic hydroxyl groups is 1. The number of aliphatic hydroxyl groups excluding tert-OH is 1. The average Bonchev–Trinajstić information content (AvgIpc) is 2.27. The van der Waals surface area contributed by atoms with E-state index in [1.165, 1.54) is 11.8 Å². The van der Waals surface area contributed by atoms with E-state index in [9.17, 15) is 18.3 Å². The van der Waals surface area contributed by atoms with Gasteiger partial charge in [0.2, 0.25) is 0 Å². The van der Waals surface area contributed by atoms with E-state index < -0.39 is 12.2 Å². The van der Waals surface area contributed by atoms with Gasteiger partial charge in [0, 0.05) is 32.7 Å². The topological polar surface area (TPSA) is 26.7 Å². The highest BCUT2D eigenvalue weighted by Crippen LogP contribution is 2.25. The molecule has 0 aromatic rings. The van der Waals surface area contributed by atoms with E-state index in [-0.39, 0.29) is 6.10 Å². The number of hydrogen-bond donors (Lipinski definition) is 1. The van der Waals surface area contributed by atoms with Gasteiger partial charge in [0.15, 0.2) is 0 Å². The summed E-state index contributed by atoms with van der Waals surface area (Å²) in [6.45, 7) is 5.68. The van der Waals surface area contributed by atoms with Crippen molar-refractivity contribution in [2.24, 2.45) is 0 Å². The highest BCUT2D eigenvalue weighted by atomic mass is 19.4. The van der Waals surface area contributed by atoms with Gasteiger partial charge in [-0.2, -0.15) is 13.2 Å². The smallest absolute Gasteiger partial charge is 0.392 e. The Morgan fingerprint density at radius 2 is 1.71 bits per heavy atom. The third kappa shape index (κ3) is 4.44. The van der Waals surface area contributed by atoms with Gasteiger partial charge in [-0.25, -0.2) is 0 Å². The summed E-state index contributed by atoms with van der Waals surface area (Å²) in [5, 5.41) is 9.48. The predicted molar refractivity (Wildman–Crippen MR) is 59.8 cm³/mol. The van der Waals surface area contributed by atoms with Gasteiger partial charge in [0.05, 0.1) is 6.10 Å². The number of alkyl halides is 3. The van der Waals surface area contributed by atoms with Gasteiger partial charge in [-0.3, -0.25) is 9.80 Å². The Bertz CT molecular complexity index is 227. The lowest BCUT2D eigenvalue weighted by Gasteiger charge is -2.39. The molecule has 17 heavy (non-hydrogen) atoms. The first-order chi connectivity index (χ1) is 7.84. The van der Waals surface area contributed by atoms with Crippen molar-refractivity contribution in [3.05, 3.63) is 0 Å². The molecule has 2 atom stereocenters. The van der Waals surface area contributed by atoms with E-state index in [2.05, 4.69) is 0 Å². The van der Waals surface area contributed by atoms with Gasteiger partial charge in [-0.15, -0.1) is 0 Å². The van der Waals surface area contributed by atoms with Crippen LogP contribution in [0.4, 0.5) is 13.2 Å². The van der Waals surface area contributed by atoms with Crippen LogP contribution in [0.1, 0.15) is 20.3 Å². The van der Waals surface area contributed by atoms with Crippen LogP contribution in [0.5, 0.6) is 0 Å². The summed E-state index contributed by atoms with van der Waals surface area (Å²) in [5.74, 6) is 0. The van der Waals surface area contributed by atoms with Gasteiger partial charge >= 0.3 is 6.18 Å². The monoisotopic (exact) mass is 254 g/mol. The second-order valence-corrected chi connectivity index (χ2v) is 4.62. The fourth-order valence-electron chi connectivity index (χ4n) is 1.97. The van der Waals surface area contributed by atoms with E-state index in [1.807, 2.05) is 11.8 Å². The minimum absolute atomic E-state index is 0.374. The minimum Gasteiger partial charge on any atom is -0.392 e. The average molecular weight is 254 g/mol. The second kappa shape index (κ2) is 6.02. The Hall–Kier alpha value is -0.330. The Kier molecular flexibility index (Phi) is 5.22. The lowest BCUT2D eigenvalue weighted by Crippen LogP contribution is -2.54. The lowest BCUT2D eigenvalue weighted by molar-refractivity contribution is -0.182. The Morgan fingerprint density at radius 1 is 1.18 bits per heavy atom. The zero-order valence-corrected chi connectivity index (χ0v) is 10.4. The maximum atomic E-state index is 12.5. The molecule has 0 aromatic heterocycles. The molecule has 0 amide bonds. The van der Waals surface area contributed by atoms with Crippen molar-refractivity contribution in [3.63, 3.8) is 0 Å². The van der Waals surface area contributed by atoms with E-state index >= 15 is 0 Å². The van der Waals surface area contributed by atoms with Gasteiger partial charge in [0.1, 0.15) is 6.04 Å². The Morgan fingerprint density at radius 3 is 2.12 bits per heavy atom. The molecule has 1 aliphatic rings. The maximum Gasteiger partial charge on any atom is 0.403 e. The third-order valence-electron chi connectivity index (χ3n) is 3.37. The van der Waals surface area contributed by atoms with Crippen molar-refractivity contribution >= 4 is 0 Å². The van der Waals surface area contributed by atoms with Gasteiger partial charge in [0.25, 0.3) is 0 Å². The van der Waals surface area contributed by atoms with Crippen molar-refractivity contribution < 1.29 is 18.3 Å². The molecule has 0 aliphatic carbocycles. The van der Waals surface area contributed by atoms with Crippen LogP contribution in [0.2, 0.25) is 0 Å². The van der Waals surface area contributed by atoms with Crippen LogP contribution >= 0.6 is 0 Å². The van der Waals surface area contributed by atoms with Crippen molar-refractivity contribution in [2.45, 2.75) is 38.6 Å². The molecule has 0 saturated carbocycles. The van der Waals surface area contributed by atoms with Gasteiger partial charge in [-0.05, 0) is 13.3 Å².